The molecule has 1 fully saturated rings. The molecule has 0 aliphatic carbocycles. The molecular weight excluding hydrogens is 390 g/mol. The minimum absolute atomic E-state index is 0.153. The molecule has 2 N–H and O–H groups in total. The lowest BCUT2D eigenvalue weighted by atomic mass is 10.2. The standard InChI is InChI=1S/C17H21N3O7S/c1-18-17(23)19-15(21)12-27-16(22)7-4-13-2-5-14(6-3-13)28(24,25)20-8-10-26-11-9-20/h2-7H,8-12H2,1H3,(H2,18,19,21,23)/b7-4+. The third kappa shape index (κ3) is 6.15. The zero-order chi connectivity index (χ0) is 20.6. The first-order chi connectivity index (χ1) is 13.3. The fraction of sp³-hybridized carbons (Fsp3) is 0.353. The molecule has 10 nitrogen and oxygen atoms in total. The van der Waals surface area contributed by atoms with Crippen LogP contribution in [0.5, 0.6) is 0 Å². The predicted molar refractivity (Wildman–Crippen MR) is 98.6 cm³/mol. The molecule has 0 atom stereocenters. The molecule has 11 heteroatoms. The SMILES string of the molecule is CNC(=O)NC(=O)COC(=O)/C=C/c1ccc(S(=O)(=O)N2CCOCC2)cc1. The van der Waals surface area contributed by atoms with Crippen LogP contribution < -0.4 is 10.6 Å². The first kappa shape index (κ1) is 21.5. The van der Waals surface area contributed by atoms with Gasteiger partial charge in [0.2, 0.25) is 10.0 Å². The predicted octanol–water partition coefficient (Wildman–Crippen LogP) is -0.280. The highest BCUT2D eigenvalue weighted by Gasteiger charge is 2.25. The molecule has 1 aromatic carbocycles. The molecule has 1 aliphatic heterocycles. The second-order valence-electron chi connectivity index (χ2n) is 5.65. The van der Waals surface area contributed by atoms with Crippen molar-refractivity contribution >= 4 is 34.0 Å². The van der Waals surface area contributed by atoms with E-state index < -0.39 is 34.5 Å². The fourth-order valence-electron chi connectivity index (χ4n) is 2.26. The van der Waals surface area contributed by atoms with Crippen molar-refractivity contribution in [3.63, 3.8) is 0 Å². The van der Waals surface area contributed by atoms with Gasteiger partial charge >= 0.3 is 12.0 Å². The lowest BCUT2D eigenvalue weighted by molar-refractivity contribution is -0.143. The highest BCUT2D eigenvalue weighted by molar-refractivity contribution is 7.89. The quantitative estimate of drug-likeness (QED) is 0.486. The normalized spacial score (nSPS) is 15.2. The molecule has 0 aromatic heterocycles. The van der Waals surface area contributed by atoms with Crippen LogP contribution in [0.25, 0.3) is 6.08 Å². The van der Waals surface area contributed by atoms with E-state index in [1.807, 2.05) is 5.32 Å². The minimum atomic E-state index is -3.58. The fourth-order valence-corrected chi connectivity index (χ4v) is 3.67. The number of ether oxygens (including phenoxy) is 2. The Morgan fingerprint density at radius 3 is 2.43 bits per heavy atom. The number of carbonyl (C=O) groups excluding carboxylic acids is 3. The zero-order valence-corrected chi connectivity index (χ0v) is 16.0. The average Bonchev–Trinajstić information content (AvgIpc) is 2.71. The number of hydrogen-bond acceptors (Lipinski definition) is 7. The first-order valence-electron chi connectivity index (χ1n) is 8.37. The zero-order valence-electron chi connectivity index (χ0n) is 15.2. The van der Waals surface area contributed by atoms with E-state index in [0.29, 0.717) is 31.9 Å². The Bertz CT molecular complexity index is 844. The van der Waals surface area contributed by atoms with Gasteiger partial charge < -0.3 is 14.8 Å². The second kappa shape index (κ2) is 9.97. The molecule has 0 spiro atoms. The molecule has 0 saturated carbocycles. The van der Waals surface area contributed by atoms with E-state index in [4.69, 9.17) is 9.47 Å². The molecule has 1 saturated heterocycles. The summed E-state index contributed by atoms with van der Waals surface area (Å²) in [6.07, 6.45) is 2.52. The van der Waals surface area contributed by atoms with Gasteiger partial charge in [0.25, 0.3) is 5.91 Å². The number of nitrogens with one attached hydrogen (secondary N) is 2. The van der Waals surface area contributed by atoms with E-state index in [9.17, 15) is 22.8 Å². The van der Waals surface area contributed by atoms with Crippen LogP contribution in [0.3, 0.4) is 0 Å². The summed E-state index contributed by atoms with van der Waals surface area (Å²) in [7, 11) is -2.24. The lowest BCUT2D eigenvalue weighted by Crippen LogP contribution is -2.40. The Balaban J connectivity index is 1.90. The maximum atomic E-state index is 12.5. The number of urea groups is 1. The van der Waals surface area contributed by atoms with Crippen LogP contribution in [0.4, 0.5) is 4.79 Å². The van der Waals surface area contributed by atoms with E-state index >= 15 is 0 Å². The van der Waals surface area contributed by atoms with Crippen molar-refractivity contribution < 1.29 is 32.3 Å². The van der Waals surface area contributed by atoms with Gasteiger partial charge in [-0.2, -0.15) is 4.31 Å². The summed E-state index contributed by atoms with van der Waals surface area (Å²) in [4.78, 5) is 34.0. The van der Waals surface area contributed by atoms with Crippen LogP contribution in [0.1, 0.15) is 5.56 Å². The Labute approximate surface area is 162 Å². The van der Waals surface area contributed by atoms with Gasteiger partial charge in [-0.25, -0.2) is 18.0 Å². The Morgan fingerprint density at radius 2 is 1.82 bits per heavy atom. The molecule has 1 aliphatic rings. The van der Waals surface area contributed by atoms with E-state index in [1.165, 1.54) is 29.6 Å². The molecule has 0 bridgehead atoms. The van der Waals surface area contributed by atoms with Gasteiger partial charge in [0.15, 0.2) is 6.61 Å². The topological polar surface area (TPSA) is 131 Å². The summed E-state index contributed by atoms with van der Waals surface area (Å²) in [5.74, 6) is -1.55. The Kier molecular flexibility index (Phi) is 7.67. The van der Waals surface area contributed by atoms with Crippen LogP contribution in [-0.4, -0.2) is 70.6 Å². The largest absolute Gasteiger partial charge is 0.452 e. The van der Waals surface area contributed by atoms with Crippen molar-refractivity contribution in [1.29, 1.82) is 0 Å². The summed E-state index contributed by atoms with van der Waals surface area (Å²) in [6.45, 7) is 0.743. The highest BCUT2D eigenvalue weighted by atomic mass is 32.2. The summed E-state index contributed by atoms with van der Waals surface area (Å²) < 4.78 is 36.3. The molecule has 3 amide bonds. The van der Waals surface area contributed by atoms with Gasteiger partial charge in [0.1, 0.15) is 0 Å². The number of imide groups is 1. The molecule has 152 valence electrons. The van der Waals surface area contributed by atoms with Crippen molar-refractivity contribution in [2.24, 2.45) is 0 Å². The van der Waals surface area contributed by atoms with Gasteiger partial charge in [-0.05, 0) is 23.8 Å². The number of esters is 1. The highest BCUT2D eigenvalue weighted by Crippen LogP contribution is 2.18. The van der Waals surface area contributed by atoms with Crippen LogP contribution >= 0.6 is 0 Å². The van der Waals surface area contributed by atoms with Crippen LogP contribution in [0.15, 0.2) is 35.2 Å². The number of benzene rings is 1. The molecule has 0 unspecified atom stereocenters. The van der Waals surface area contributed by atoms with Crippen molar-refractivity contribution in [2.75, 3.05) is 40.0 Å². The Hall–Kier alpha value is -2.76. The average molecular weight is 411 g/mol. The van der Waals surface area contributed by atoms with Crippen molar-refractivity contribution in [3.05, 3.63) is 35.9 Å². The molecule has 1 heterocycles. The molecule has 0 radical (unpaired) electrons. The maximum Gasteiger partial charge on any atom is 0.331 e. The Morgan fingerprint density at radius 1 is 1.18 bits per heavy atom. The van der Waals surface area contributed by atoms with E-state index in [1.54, 1.807) is 12.1 Å². The van der Waals surface area contributed by atoms with Crippen molar-refractivity contribution in [2.45, 2.75) is 4.90 Å². The number of hydrogen-bond donors (Lipinski definition) is 2. The number of sulfonamides is 1. The smallest absolute Gasteiger partial charge is 0.331 e. The van der Waals surface area contributed by atoms with E-state index in [-0.39, 0.29) is 4.90 Å². The van der Waals surface area contributed by atoms with Gasteiger partial charge in [-0.15, -0.1) is 0 Å². The number of amides is 3. The number of rotatable bonds is 6. The number of morpholine rings is 1. The summed E-state index contributed by atoms with van der Waals surface area (Å²) >= 11 is 0. The van der Waals surface area contributed by atoms with E-state index in [0.717, 1.165) is 6.08 Å². The van der Waals surface area contributed by atoms with Crippen molar-refractivity contribution in [1.82, 2.24) is 14.9 Å². The minimum Gasteiger partial charge on any atom is -0.452 e. The third-order valence-corrected chi connectivity index (χ3v) is 5.64. The van der Waals surface area contributed by atoms with E-state index in [2.05, 4.69) is 5.32 Å². The summed E-state index contributed by atoms with van der Waals surface area (Å²) in [6, 6.07) is 5.30. The molecule has 28 heavy (non-hydrogen) atoms. The number of nitrogens with zero attached hydrogens (tertiary/aromatic N) is 1. The van der Waals surface area contributed by atoms with Crippen LogP contribution in [0, 0.1) is 0 Å². The van der Waals surface area contributed by atoms with Gasteiger partial charge in [0, 0.05) is 26.2 Å². The lowest BCUT2D eigenvalue weighted by Gasteiger charge is -2.26. The summed E-state index contributed by atoms with van der Waals surface area (Å²) in [5, 5.41) is 4.14. The molecular formula is C17H21N3O7S. The van der Waals surface area contributed by atoms with Gasteiger partial charge in [-0.1, -0.05) is 12.1 Å². The number of carbonyl (C=O) groups is 3. The van der Waals surface area contributed by atoms with Crippen molar-refractivity contribution in [3.8, 4) is 0 Å². The summed E-state index contributed by atoms with van der Waals surface area (Å²) in [5.41, 5.74) is 0.577. The third-order valence-electron chi connectivity index (χ3n) is 3.73. The maximum absolute atomic E-state index is 12.5. The first-order valence-corrected chi connectivity index (χ1v) is 9.81. The second-order valence-corrected chi connectivity index (χ2v) is 7.59. The van der Waals surface area contributed by atoms with Gasteiger partial charge in [0.05, 0.1) is 18.1 Å². The monoisotopic (exact) mass is 411 g/mol. The molecule has 2 rings (SSSR count). The molecule has 1 aromatic rings. The van der Waals surface area contributed by atoms with Crippen LogP contribution in [0.2, 0.25) is 0 Å². The van der Waals surface area contributed by atoms with Gasteiger partial charge in [-0.3, -0.25) is 10.1 Å². The van der Waals surface area contributed by atoms with Crippen LogP contribution in [-0.2, 0) is 29.1 Å².